The summed E-state index contributed by atoms with van der Waals surface area (Å²) in [6.45, 7) is 0. The van der Waals surface area contributed by atoms with Gasteiger partial charge in [0, 0.05) is 5.92 Å². The fraction of sp³-hybridized carbons (Fsp3) is 0.333. The van der Waals surface area contributed by atoms with Crippen LogP contribution >= 0.6 is 0 Å². The predicted molar refractivity (Wildman–Crippen MR) is 78.3 cm³/mol. The molecule has 0 fully saturated rings. The summed E-state index contributed by atoms with van der Waals surface area (Å²) in [5.74, 6) is 0.368. The molecule has 0 aromatic heterocycles. The van der Waals surface area contributed by atoms with Crippen molar-refractivity contribution < 1.29 is 5.11 Å². The maximum absolute atomic E-state index is 10.3. The molecule has 1 aliphatic carbocycles. The van der Waals surface area contributed by atoms with Crippen molar-refractivity contribution in [3.05, 3.63) is 71.3 Å². The van der Waals surface area contributed by atoms with E-state index in [1.165, 1.54) is 16.7 Å². The number of aliphatic hydroxyl groups is 1. The number of aryl methyl sites for hydroxylation is 1. The minimum absolute atomic E-state index is 0.182. The Bertz CT molecular complexity index is 532. The first-order chi connectivity index (χ1) is 9.34. The van der Waals surface area contributed by atoms with Crippen LogP contribution in [0.15, 0.2) is 54.6 Å². The zero-order valence-corrected chi connectivity index (χ0v) is 11.1. The first-order valence-electron chi connectivity index (χ1n) is 7.14. The smallest absolute Gasteiger partial charge is 0.0612 e. The Hall–Kier alpha value is -1.60. The molecule has 0 radical (unpaired) electrons. The Kier molecular flexibility index (Phi) is 3.65. The van der Waals surface area contributed by atoms with Gasteiger partial charge in [-0.1, -0.05) is 54.6 Å². The van der Waals surface area contributed by atoms with Gasteiger partial charge >= 0.3 is 0 Å². The summed E-state index contributed by atoms with van der Waals surface area (Å²) < 4.78 is 0. The zero-order valence-electron chi connectivity index (χ0n) is 11.1. The van der Waals surface area contributed by atoms with Gasteiger partial charge in [-0.05, 0) is 42.4 Å². The molecule has 1 aliphatic rings. The molecule has 0 heterocycles. The van der Waals surface area contributed by atoms with Gasteiger partial charge in [0.1, 0.15) is 0 Å². The summed E-state index contributed by atoms with van der Waals surface area (Å²) in [7, 11) is 0. The fourth-order valence-corrected chi connectivity index (χ4v) is 3.00. The van der Waals surface area contributed by atoms with E-state index in [2.05, 4.69) is 48.5 Å². The van der Waals surface area contributed by atoms with Gasteiger partial charge in [-0.25, -0.2) is 0 Å². The molecular formula is C18H20O. The van der Waals surface area contributed by atoms with E-state index in [-0.39, 0.29) is 6.10 Å². The van der Waals surface area contributed by atoms with Crippen molar-refractivity contribution in [1.29, 1.82) is 0 Å². The molecule has 1 nitrogen and oxygen atoms in total. The summed E-state index contributed by atoms with van der Waals surface area (Å²) in [5, 5.41) is 10.3. The van der Waals surface area contributed by atoms with Crippen molar-refractivity contribution in [3.63, 3.8) is 0 Å². The standard InChI is InChI=1S/C18H20O/c19-18(12-6-9-14-7-2-1-3-8-14)17-13-15-10-4-5-11-16(15)17/h1-5,7-8,10-11,17-19H,6,9,12-13H2. The van der Waals surface area contributed by atoms with Gasteiger partial charge in [-0.15, -0.1) is 0 Å². The van der Waals surface area contributed by atoms with Crippen molar-refractivity contribution >= 4 is 0 Å². The molecule has 0 spiro atoms. The third-order valence-corrected chi connectivity index (χ3v) is 4.17. The van der Waals surface area contributed by atoms with E-state index >= 15 is 0 Å². The van der Waals surface area contributed by atoms with E-state index in [9.17, 15) is 5.11 Å². The average molecular weight is 252 g/mol. The second-order valence-electron chi connectivity index (χ2n) is 5.45. The van der Waals surface area contributed by atoms with Gasteiger partial charge in [0.25, 0.3) is 0 Å². The maximum Gasteiger partial charge on any atom is 0.0612 e. The van der Waals surface area contributed by atoms with Crippen LogP contribution in [0.25, 0.3) is 0 Å². The highest BCUT2D eigenvalue weighted by Crippen LogP contribution is 2.38. The second kappa shape index (κ2) is 5.58. The van der Waals surface area contributed by atoms with E-state index in [0.29, 0.717) is 5.92 Å². The Morgan fingerprint density at radius 3 is 2.53 bits per heavy atom. The normalized spacial score (nSPS) is 18.5. The number of aliphatic hydroxyl groups excluding tert-OH is 1. The Morgan fingerprint density at radius 1 is 1.00 bits per heavy atom. The third kappa shape index (κ3) is 2.71. The molecule has 1 N–H and O–H groups in total. The monoisotopic (exact) mass is 252 g/mol. The minimum Gasteiger partial charge on any atom is -0.392 e. The van der Waals surface area contributed by atoms with Crippen LogP contribution in [0.2, 0.25) is 0 Å². The van der Waals surface area contributed by atoms with Crippen LogP contribution in [0.3, 0.4) is 0 Å². The number of rotatable bonds is 5. The number of hydrogen-bond acceptors (Lipinski definition) is 1. The highest BCUT2D eigenvalue weighted by molar-refractivity contribution is 5.40. The largest absolute Gasteiger partial charge is 0.392 e. The summed E-state index contributed by atoms with van der Waals surface area (Å²) in [4.78, 5) is 0. The Balaban J connectivity index is 1.49. The van der Waals surface area contributed by atoms with E-state index in [0.717, 1.165) is 25.7 Å². The van der Waals surface area contributed by atoms with Crippen LogP contribution < -0.4 is 0 Å². The molecule has 0 saturated heterocycles. The molecule has 0 aliphatic heterocycles. The van der Waals surface area contributed by atoms with Crippen molar-refractivity contribution in [3.8, 4) is 0 Å². The van der Waals surface area contributed by atoms with Crippen LogP contribution in [-0.4, -0.2) is 11.2 Å². The van der Waals surface area contributed by atoms with Crippen LogP contribution in [0.5, 0.6) is 0 Å². The first kappa shape index (κ1) is 12.4. The predicted octanol–water partition coefficient (Wildman–Crippen LogP) is 3.71. The minimum atomic E-state index is -0.182. The summed E-state index contributed by atoms with van der Waals surface area (Å²) in [6, 6.07) is 19.0. The van der Waals surface area contributed by atoms with Crippen LogP contribution in [0.1, 0.15) is 35.4 Å². The van der Waals surface area contributed by atoms with Gasteiger partial charge in [-0.3, -0.25) is 0 Å². The first-order valence-corrected chi connectivity index (χ1v) is 7.14. The SMILES string of the molecule is OC(CCCc1ccccc1)C1Cc2ccccc21. The van der Waals surface area contributed by atoms with Gasteiger partial charge in [-0.2, -0.15) is 0 Å². The topological polar surface area (TPSA) is 20.2 Å². The molecule has 0 saturated carbocycles. The van der Waals surface area contributed by atoms with Gasteiger partial charge in [0.15, 0.2) is 0 Å². The quantitative estimate of drug-likeness (QED) is 0.860. The lowest BCUT2D eigenvalue weighted by molar-refractivity contribution is 0.121. The lowest BCUT2D eigenvalue weighted by Crippen LogP contribution is -2.28. The molecule has 0 bridgehead atoms. The van der Waals surface area contributed by atoms with Crippen molar-refractivity contribution in [2.75, 3.05) is 0 Å². The number of benzene rings is 2. The van der Waals surface area contributed by atoms with Gasteiger partial charge < -0.3 is 5.11 Å². The zero-order chi connectivity index (χ0) is 13.1. The van der Waals surface area contributed by atoms with E-state index in [1.54, 1.807) is 0 Å². The molecule has 3 rings (SSSR count). The number of fused-ring (bicyclic) bond motifs is 1. The van der Waals surface area contributed by atoms with E-state index in [4.69, 9.17) is 0 Å². The average Bonchev–Trinajstić information content (AvgIpc) is 2.41. The highest BCUT2D eigenvalue weighted by Gasteiger charge is 2.30. The summed E-state index contributed by atoms with van der Waals surface area (Å²) in [6.07, 6.45) is 3.88. The van der Waals surface area contributed by atoms with E-state index in [1.807, 2.05) is 6.07 Å². The van der Waals surface area contributed by atoms with E-state index < -0.39 is 0 Å². The molecule has 1 heteroatoms. The maximum atomic E-state index is 10.3. The molecule has 2 unspecified atom stereocenters. The number of hydrogen-bond donors (Lipinski definition) is 1. The van der Waals surface area contributed by atoms with Crippen LogP contribution in [-0.2, 0) is 12.8 Å². The summed E-state index contributed by atoms with van der Waals surface area (Å²) >= 11 is 0. The Morgan fingerprint density at radius 2 is 1.74 bits per heavy atom. The molecule has 98 valence electrons. The van der Waals surface area contributed by atoms with Gasteiger partial charge in [0.05, 0.1) is 6.10 Å². The molecule has 2 aromatic carbocycles. The van der Waals surface area contributed by atoms with Crippen molar-refractivity contribution in [1.82, 2.24) is 0 Å². The molecule has 0 amide bonds. The summed E-state index contributed by atoms with van der Waals surface area (Å²) in [5.41, 5.74) is 4.13. The molecule has 19 heavy (non-hydrogen) atoms. The molecular weight excluding hydrogens is 232 g/mol. The molecule has 2 atom stereocenters. The molecule has 2 aromatic rings. The Labute approximate surface area is 114 Å². The highest BCUT2D eigenvalue weighted by atomic mass is 16.3. The third-order valence-electron chi connectivity index (χ3n) is 4.17. The lowest BCUT2D eigenvalue weighted by Gasteiger charge is -2.34. The van der Waals surface area contributed by atoms with Gasteiger partial charge in [0.2, 0.25) is 0 Å². The van der Waals surface area contributed by atoms with Crippen molar-refractivity contribution in [2.24, 2.45) is 0 Å². The van der Waals surface area contributed by atoms with Crippen molar-refractivity contribution in [2.45, 2.75) is 37.7 Å². The lowest BCUT2D eigenvalue weighted by atomic mass is 9.73. The fourth-order valence-electron chi connectivity index (χ4n) is 3.00. The van der Waals surface area contributed by atoms with Crippen LogP contribution in [0.4, 0.5) is 0 Å². The van der Waals surface area contributed by atoms with Crippen LogP contribution in [0, 0.1) is 0 Å². The second-order valence-corrected chi connectivity index (χ2v) is 5.45.